The molecular formula is C16H25N3S. The maximum Gasteiger partial charge on any atom is 0.108 e. The fraction of sp³-hybridized carbons (Fsp3) is 0.562. The third-order valence-electron chi connectivity index (χ3n) is 3.75. The molecule has 0 saturated carbocycles. The normalized spacial score (nSPS) is 12.8. The summed E-state index contributed by atoms with van der Waals surface area (Å²) in [4.78, 5) is 7.31. The van der Waals surface area contributed by atoms with Crippen LogP contribution < -0.4 is 5.32 Å². The molecule has 20 heavy (non-hydrogen) atoms. The first-order chi connectivity index (χ1) is 9.61. The van der Waals surface area contributed by atoms with E-state index in [2.05, 4.69) is 48.8 Å². The number of aromatic nitrogens is 2. The van der Waals surface area contributed by atoms with Crippen LogP contribution in [0.15, 0.2) is 18.5 Å². The van der Waals surface area contributed by atoms with Crippen LogP contribution in [-0.2, 0) is 13.5 Å². The summed E-state index contributed by atoms with van der Waals surface area (Å²) in [6.07, 6.45) is 7.18. The zero-order chi connectivity index (χ0) is 14.5. The Morgan fingerprint density at radius 3 is 2.75 bits per heavy atom. The molecule has 0 aliphatic heterocycles. The second-order valence-corrected chi connectivity index (χ2v) is 6.68. The molecule has 4 heteroatoms. The van der Waals surface area contributed by atoms with Gasteiger partial charge in [-0.25, -0.2) is 4.98 Å². The average Bonchev–Trinajstić information content (AvgIpc) is 2.97. The smallest absolute Gasteiger partial charge is 0.108 e. The van der Waals surface area contributed by atoms with E-state index in [-0.39, 0.29) is 0 Å². The lowest BCUT2D eigenvalue weighted by atomic mass is 10.1. The first-order valence-electron chi connectivity index (χ1n) is 7.38. The summed E-state index contributed by atoms with van der Waals surface area (Å²) in [5, 5.41) is 3.68. The van der Waals surface area contributed by atoms with E-state index < -0.39 is 0 Å². The predicted molar refractivity (Wildman–Crippen MR) is 86.4 cm³/mol. The second-order valence-electron chi connectivity index (χ2n) is 5.39. The van der Waals surface area contributed by atoms with Crippen LogP contribution in [0.1, 0.15) is 46.9 Å². The molecular weight excluding hydrogens is 266 g/mol. The molecule has 2 rings (SSSR count). The predicted octanol–water partition coefficient (Wildman–Crippen LogP) is 3.77. The van der Waals surface area contributed by atoms with Crippen LogP contribution in [0.25, 0.3) is 0 Å². The molecule has 2 aromatic rings. The Labute approximate surface area is 126 Å². The van der Waals surface area contributed by atoms with Crippen molar-refractivity contribution in [1.29, 1.82) is 0 Å². The highest BCUT2D eigenvalue weighted by atomic mass is 32.1. The maximum absolute atomic E-state index is 4.42. The number of hydrogen-bond acceptors (Lipinski definition) is 3. The highest BCUT2D eigenvalue weighted by molar-refractivity contribution is 7.12. The van der Waals surface area contributed by atoms with Gasteiger partial charge in [-0.05, 0) is 44.9 Å². The lowest BCUT2D eigenvalue weighted by Gasteiger charge is -2.17. The molecule has 1 unspecified atom stereocenters. The monoisotopic (exact) mass is 291 g/mol. The zero-order valence-electron chi connectivity index (χ0n) is 12.9. The van der Waals surface area contributed by atoms with Crippen LogP contribution in [0.2, 0.25) is 0 Å². The van der Waals surface area contributed by atoms with Crippen molar-refractivity contribution in [2.75, 3.05) is 6.54 Å². The van der Waals surface area contributed by atoms with Crippen LogP contribution in [-0.4, -0.2) is 16.1 Å². The Balaban J connectivity index is 2.05. The number of aryl methyl sites for hydroxylation is 4. The first-order valence-corrected chi connectivity index (χ1v) is 8.20. The van der Waals surface area contributed by atoms with Crippen molar-refractivity contribution in [2.45, 2.75) is 46.1 Å². The number of hydrogen-bond donors (Lipinski definition) is 1. The zero-order valence-corrected chi connectivity index (χ0v) is 13.8. The van der Waals surface area contributed by atoms with Gasteiger partial charge >= 0.3 is 0 Å². The molecule has 0 saturated heterocycles. The number of rotatable bonds is 7. The lowest BCUT2D eigenvalue weighted by Crippen LogP contribution is -2.22. The van der Waals surface area contributed by atoms with Gasteiger partial charge in [-0.1, -0.05) is 6.92 Å². The highest BCUT2D eigenvalue weighted by Gasteiger charge is 2.15. The molecule has 2 aromatic heterocycles. The minimum absolute atomic E-state index is 0.448. The summed E-state index contributed by atoms with van der Waals surface area (Å²) in [6.45, 7) is 7.69. The fourth-order valence-electron chi connectivity index (χ4n) is 2.35. The molecule has 0 fully saturated rings. The van der Waals surface area contributed by atoms with Crippen molar-refractivity contribution in [3.05, 3.63) is 39.6 Å². The van der Waals surface area contributed by atoms with Crippen molar-refractivity contribution < 1.29 is 0 Å². The van der Waals surface area contributed by atoms with Gasteiger partial charge in [-0.2, -0.15) is 0 Å². The summed E-state index contributed by atoms with van der Waals surface area (Å²) in [5.74, 6) is 1.17. The maximum atomic E-state index is 4.42. The van der Waals surface area contributed by atoms with Crippen LogP contribution >= 0.6 is 11.3 Å². The minimum atomic E-state index is 0.448. The molecule has 110 valence electrons. The molecule has 0 bridgehead atoms. The third kappa shape index (κ3) is 3.70. The third-order valence-corrected chi connectivity index (χ3v) is 5.01. The Morgan fingerprint density at radius 2 is 2.20 bits per heavy atom. The van der Waals surface area contributed by atoms with Crippen molar-refractivity contribution >= 4 is 11.3 Å². The summed E-state index contributed by atoms with van der Waals surface area (Å²) >= 11 is 1.92. The molecule has 0 aromatic carbocycles. The van der Waals surface area contributed by atoms with Gasteiger partial charge in [0.1, 0.15) is 5.82 Å². The molecule has 0 spiro atoms. The van der Waals surface area contributed by atoms with E-state index in [0.29, 0.717) is 6.04 Å². The van der Waals surface area contributed by atoms with Gasteiger partial charge < -0.3 is 9.88 Å². The molecule has 1 N–H and O–H groups in total. The lowest BCUT2D eigenvalue weighted by molar-refractivity contribution is 0.497. The van der Waals surface area contributed by atoms with E-state index in [1.54, 1.807) is 0 Å². The largest absolute Gasteiger partial charge is 0.338 e. The minimum Gasteiger partial charge on any atom is -0.338 e. The van der Waals surface area contributed by atoms with Crippen LogP contribution in [0.5, 0.6) is 0 Å². The summed E-state index contributed by atoms with van der Waals surface area (Å²) in [5.41, 5.74) is 1.41. The summed E-state index contributed by atoms with van der Waals surface area (Å²) in [7, 11) is 2.07. The standard InChI is InChI=1S/C16H25N3S/c1-5-8-17-14(15-11-12(2)13(3)20-15)6-7-16-18-9-10-19(16)4/h9-11,14,17H,5-8H2,1-4H3. The second kappa shape index (κ2) is 7.04. The van der Waals surface area contributed by atoms with Crippen molar-refractivity contribution in [2.24, 2.45) is 7.05 Å². The number of nitrogens with one attached hydrogen (secondary N) is 1. The molecule has 0 amide bonds. The van der Waals surface area contributed by atoms with Crippen LogP contribution in [0, 0.1) is 13.8 Å². The first kappa shape index (κ1) is 15.3. The van der Waals surface area contributed by atoms with E-state index in [0.717, 1.165) is 19.4 Å². The van der Waals surface area contributed by atoms with Gasteiger partial charge in [-0.15, -0.1) is 11.3 Å². The Bertz CT molecular complexity index is 522. The quantitative estimate of drug-likeness (QED) is 0.841. The van der Waals surface area contributed by atoms with Crippen LogP contribution in [0.4, 0.5) is 0 Å². The number of nitrogens with zero attached hydrogens (tertiary/aromatic N) is 2. The van der Waals surface area contributed by atoms with E-state index in [1.165, 1.54) is 27.6 Å². The van der Waals surface area contributed by atoms with Crippen molar-refractivity contribution in [1.82, 2.24) is 14.9 Å². The number of imidazole rings is 1. The van der Waals surface area contributed by atoms with E-state index in [1.807, 2.05) is 23.7 Å². The van der Waals surface area contributed by atoms with E-state index in [9.17, 15) is 0 Å². The van der Waals surface area contributed by atoms with Gasteiger partial charge in [-0.3, -0.25) is 0 Å². The highest BCUT2D eigenvalue weighted by Crippen LogP contribution is 2.29. The average molecular weight is 291 g/mol. The molecule has 1 atom stereocenters. The molecule has 2 heterocycles. The van der Waals surface area contributed by atoms with Gasteiger partial charge in [0.2, 0.25) is 0 Å². The molecule has 0 aliphatic rings. The van der Waals surface area contributed by atoms with Gasteiger partial charge in [0.05, 0.1) is 0 Å². The molecule has 0 radical (unpaired) electrons. The fourth-order valence-corrected chi connectivity index (χ4v) is 3.50. The van der Waals surface area contributed by atoms with Crippen molar-refractivity contribution in [3.63, 3.8) is 0 Å². The number of thiophene rings is 1. The van der Waals surface area contributed by atoms with Crippen LogP contribution in [0.3, 0.4) is 0 Å². The SMILES string of the molecule is CCCNC(CCc1nccn1C)c1cc(C)c(C)s1. The Kier molecular flexibility index (Phi) is 5.38. The summed E-state index contributed by atoms with van der Waals surface area (Å²) < 4.78 is 2.11. The topological polar surface area (TPSA) is 29.9 Å². The Morgan fingerprint density at radius 1 is 1.40 bits per heavy atom. The van der Waals surface area contributed by atoms with E-state index in [4.69, 9.17) is 0 Å². The molecule has 3 nitrogen and oxygen atoms in total. The van der Waals surface area contributed by atoms with Gasteiger partial charge in [0.25, 0.3) is 0 Å². The van der Waals surface area contributed by atoms with E-state index >= 15 is 0 Å². The van der Waals surface area contributed by atoms with Gasteiger partial charge in [0.15, 0.2) is 0 Å². The van der Waals surface area contributed by atoms with Crippen molar-refractivity contribution in [3.8, 4) is 0 Å². The van der Waals surface area contributed by atoms with Gasteiger partial charge in [0, 0.05) is 41.7 Å². The Hall–Kier alpha value is -1.13. The summed E-state index contributed by atoms with van der Waals surface area (Å²) in [6, 6.07) is 2.79. The molecule has 0 aliphatic carbocycles.